The second-order valence-electron chi connectivity index (χ2n) is 9.22. The highest BCUT2D eigenvalue weighted by Gasteiger charge is 2.18. The summed E-state index contributed by atoms with van der Waals surface area (Å²) in [6.07, 6.45) is 1.47. The fraction of sp³-hybridized carbons (Fsp3) is 0.121. The Balaban J connectivity index is 1.43. The maximum atomic E-state index is 13.4. The molecule has 0 heterocycles. The molecule has 0 aromatic heterocycles. The monoisotopic (exact) mass is 599 g/mol. The van der Waals surface area contributed by atoms with Crippen LogP contribution in [0.4, 0.5) is 15.8 Å². The fourth-order valence-electron chi connectivity index (χ4n) is 3.89. The molecule has 0 spiro atoms. The molecule has 0 aliphatic rings. The largest absolute Gasteiger partial charge is 0.497 e. The van der Waals surface area contributed by atoms with E-state index in [1.165, 1.54) is 49.2 Å². The van der Waals surface area contributed by atoms with E-state index in [1.807, 2.05) is 0 Å². The molecule has 8 nitrogen and oxygen atoms in total. The lowest BCUT2D eigenvalue weighted by Crippen LogP contribution is -2.30. The fourth-order valence-corrected chi connectivity index (χ4v) is 4.75. The molecule has 0 bridgehead atoms. The highest BCUT2D eigenvalue weighted by Crippen LogP contribution is 2.31. The molecule has 4 aromatic carbocycles. The number of hydrogen-bond donors (Lipinski definition) is 3. The Morgan fingerprint density at radius 1 is 0.837 bits per heavy atom. The smallest absolute Gasteiger partial charge is 0.272 e. The van der Waals surface area contributed by atoms with E-state index in [0.717, 1.165) is 4.90 Å². The van der Waals surface area contributed by atoms with Gasteiger partial charge in [0.25, 0.3) is 11.8 Å². The summed E-state index contributed by atoms with van der Waals surface area (Å²) >= 11 is 1.34. The zero-order valence-corrected chi connectivity index (χ0v) is 24.5. The molecule has 0 radical (unpaired) electrons. The number of carbonyl (C=O) groups excluding carboxylic acids is 3. The number of anilines is 2. The standard InChI is InChI=1S/C33H30FN3O5S/c1-21(31(38)36-28-20-26(41-2)15-18-30(28)42-3)43-27-16-13-25(14-17-27)35-33(40)29(19-22-9-11-24(34)12-10-22)37-32(39)23-7-5-4-6-8-23/h4-21H,1-3H3,(H,35,40)(H,36,38)(H,37,39)/b29-19-. The number of methoxy groups -OCH3 is 2. The molecule has 1 unspecified atom stereocenters. The Kier molecular flexibility index (Phi) is 10.5. The zero-order chi connectivity index (χ0) is 30.8. The lowest BCUT2D eigenvalue weighted by atomic mass is 10.1. The van der Waals surface area contributed by atoms with Gasteiger partial charge in [-0.2, -0.15) is 0 Å². The van der Waals surface area contributed by atoms with Gasteiger partial charge in [-0.1, -0.05) is 30.3 Å². The summed E-state index contributed by atoms with van der Waals surface area (Å²) in [7, 11) is 3.07. The highest BCUT2D eigenvalue weighted by atomic mass is 32.2. The first-order valence-electron chi connectivity index (χ1n) is 13.2. The summed E-state index contributed by atoms with van der Waals surface area (Å²) < 4.78 is 24.0. The van der Waals surface area contributed by atoms with Crippen LogP contribution in [-0.4, -0.2) is 37.2 Å². The van der Waals surface area contributed by atoms with Crippen molar-refractivity contribution >= 4 is 46.9 Å². The van der Waals surface area contributed by atoms with Gasteiger partial charge in [0.1, 0.15) is 23.0 Å². The molecule has 0 aliphatic carbocycles. The Morgan fingerprint density at radius 3 is 2.19 bits per heavy atom. The molecule has 3 amide bonds. The van der Waals surface area contributed by atoms with Crippen molar-refractivity contribution in [1.29, 1.82) is 0 Å². The summed E-state index contributed by atoms with van der Waals surface area (Å²) in [5.74, 6) is -0.563. The van der Waals surface area contributed by atoms with Gasteiger partial charge in [0.15, 0.2) is 0 Å². The number of halogens is 1. The number of amides is 3. The van der Waals surface area contributed by atoms with E-state index < -0.39 is 22.9 Å². The summed E-state index contributed by atoms with van der Waals surface area (Å²) in [6.45, 7) is 1.78. The molecule has 0 saturated heterocycles. The summed E-state index contributed by atoms with van der Waals surface area (Å²) in [4.78, 5) is 39.7. The normalized spacial score (nSPS) is 11.7. The van der Waals surface area contributed by atoms with E-state index >= 15 is 0 Å². The van der Waals surface area contributed by atoms with Crippen molar-refractivity contribution in [2.24, 2.45) is 0 Å². The molecule has 3 N–H and O–H groups in total. The van der Waals surface area contributed by atoms with Gasteiger partial charge in [-0.25, -0.2) is 4.39 Å². The summed E-state index contributed by atoms with van der Waals surface area (Å²) in [5.41, 5.74) is 1.88. The average molecular weight is 600 g/mol. The van der Waals surface area contributed by atoms with Crippen molar-refractivity contribution in [2.75, 3.05) is 24.9 Å². The zero-order valence-electron chi connectivity index (χ0n) is 23.7. The van der Waals surface area contributed by atoms with Crippen LogP contribution >= 0.6 is 11.8 Å². The highest BCUT2D eigenvalue weighted by molar-refractivity contribution is 8.00. The maximum Gasteiger partial charge on any atom is 0.272 e. The van der Waals surface area contributed by atoms with Crippen LogP contribution in [0.2, 0.25) is 0 Å². The molecule has 1 atom stereocenters. The van der Waals surface area contributed by atoms with Crippen LogP contribution in [0.25, 0.3) is 6.08 Å². The third-order valence-electron chi connectivity index (χ3n) is 6.17. The second kappa shape index (κ2) is 14.7. The molecule has 0 aliphatic heterocycles. The number of benzene rings is 4. The van der Waals surface area contributed by atoms with Crippen LogP contribution in [0.15, 0.2) is 108 Å². The quantitative estimate of drug-likeness (QED) is 0.137. The SMILES string of the molecule is COc1ccc(OC)c(NC(=O)C(C)Sc2ccc(NC(=O)/C(=C/c3ccc(F)cc3)NC(=O)c3ccccc3)cc2)c1. The van der Waals surface area contributed by atoms with Crippen molar-refractivity contribution in [3.8, 4) is 11.5 Å². The summed E-state index contributed by atoms with van der Waals surface area (Å²) in [5, 5.41) is 7.86. The van der Waals surface area contributed by atoms with Gasteiger partial charge in [0.05, 0.1) is 25.2 Å². The molecule has 10 heteroatoms. The van der Waals surface area contributed by atoms with Crippen molar-refractivity contribution in [3.63, 3.8) is 0 Å². The van der Waals surface area contributed by atoms with Crippen molar-refractivity contribution in [2.45, 2.75) is 17.1 Å². The molecule has 220 valence electrons. The topological polar surface area (TPSA) is 106 Å². The van der Waals surface area contributed by atoms with E-state index in [-0.39, 0.29) is 11.6 Å². The van der Waals surface area contributed by atoms with Crippen LogP contribution in [0.1, 0.15) is 22.8 Å². The van der Waals surface area contributed by atoms with Crippen LogP contribution in [0, 0.1) is 5.82 Å². The summed E-state index contributed by atoms with van der Waals surface area (Å²) in [6, 6.07) is 26.1. The van der Waals surface area contributed by atoms with Crippen LogP contribution in [-0.2, 0) is 9.59 Å². The first-order valence-corrected chi connectivity index (χ1v) is 14.1. The van der Waals surface area contributed by atoms with E-state index in [1.54, 1.807) is 86.8 Å². The van der Waals surface area contributed by atoms with Crippen LogP contribution in [0.5, 0.6) is 11.5 Å². The van der Waals surface area contributed by atoms with Crippen LogP contribution < -0.4 is 25.4 Å². The third kappa shape index (κ3) is 8.70. The van der Waals surface area contributed by atoms with Crippen LogP contribution in [0.3, 0.4) is 0 Å². The second-order valence-corrected chi connectivity index (χ2v) is 10.6. The minimum atomic E-state index is -0.561. The van der Waals surface area contributed by atoms with Gasteiger partial charge >= 0.3 is 0 Å². The number of thioether (sulfide) groups is 1. The van der Waals surface area contributed by atoms with E-state index in [4.69, 9.17) is 9.47 Å². The van der Waals surface area contributed by atoms with E-state index in [2.05, 4.69) is 16.0 Å². The lowest BCUT2D eigenvalue weighted by molar-refractivity contribution is -0.115. The molecule has 4 rings (SSSR count). The maximum absolute atomic E-state index is 13.4. The third-order valence-corrected chi connectivity index (χ3v) is 7.28. The predicted molar refractivity (Wildman–Crippen MR) is 167 cm³/mol. The Morgan fingerprint density at radius 2 is 1.53 bits per heavy atom. The number of nitrogens with one attached hydrogen (secondary N) is 3. The number of hydrogen-bond acceptors (Lipinski definition) is 6. The van der Waals surface area contributed by atoms with E-state index in [9.17, 15) is 18.8 Å². The van der Waals surface area contributed by atoms with Gasteiger partial charge in [-0.05, 0) is 79.2 Å². The van der Waals surface area contributed by atoms with Gasteiger partial charge in [-0.15, -0.1) is 11.8 Å². The predicted octanol–water partition coefficient (Wildman–Crippen LogP) is 6.37. The minimum absolute atomic E-state index is 0.0165. The molecule has 4 aromatic rings. The van der Waals surface area contributed by atoms with Crippen molar-refractivity contribution in [1.82, 2.24) is 5.32 Å². The molecule has 0 saturated carbocycles. The van der Waals surface area contributed by atoms with Crippen molar-refractivity contribution < 1.29 is 28.2 Å². The molecule has 0 fully saturated rings. The number of carbonyl (C=O) groups is 3. The van der Waals surface area contributed by atoms with Gasteiger partial charge in [-0.3, -0.25) is 14.4 Å². The van der Waals surface area contributed by atoms with Gasteiger partial charge in [0.2, 0.25) is 5.91 Å². The van der Waals surface area contributed by atoms with Crippen molar-refractivity contribution in [3.05, 3.63) is 120 Å². The number of rotatable bonds is 11. The Bertz CT molecular complexity index is 1610. The molecular formula is C33H30FN3O5S. The molecule has 43 heavy (non-hydrogen) atoms. The lowest BCUT2D eigenvalue weighted by Gasteiger charge is -2.15. The van der Waals surface area contributed by atoms with Gasteiger partial charge < -0.3 is 25.4 Å². The average Bonchev–Trinajstić information content (AvgIpc) is 3.02. The Labute approximate surface area is 253 Å². The molecular weight excluding hydrogens is 569 g/mol. The number of ether oxygens (including phenoxy) is 2. The Hall–Kier alpha value is -5.09. The minimum Gasteiger partial charge on any atom is -0.497 e. The van der Waals surface area contributed by atoms with E-state index in [0.29, 0.717) is 34.0 Å². The first-order chi connectivity index (χ1) is 20.7. The first kappa shape index (κ1) is 30.9. The van der Waals surface area contributed by atoms with Gasteiger partial charge in [0, 0.05) is 22.2 Å².